The third kappa shape index (κ3) is 4.00. The molecule has 13 heavy (non-hydrogen) atoms. The molecule has 0 rings (SSSR count). The summed E-state index contributed by atoms with van der Waals surface area (Å²) in [4.78, 5) is 14.8. The Bertz CT molecular complexity index is 267. The maximum atomic E-state index is 11.1. The van der Waals surface area contributed by atoms with Crippen molar-refractivity contribution < 1.29 is 9.53 Å². The van der Waals surface area contributed by atoms with Gasteiger partial charge < -0.3 is 10.1 Å². The summed E-state index contributed by atoms with van der Waals surface area (Å²) in [6, 6.07) is 0. The van der Waals surface area contributed by atoms with E-state index in [1.807, 2.05) is 0 Å². The van der Waals surface area contributed by atoms with E-state index in [1.54, 1.807) is 6.92 Å². The first-order valence-electron chi connectivity index (χ1n) is 3.73. The summed E-state index contributed by atoms with van der Waals surface area (Å²) < 4.78 is 4.68. The number of nitrogens with one attached hydrogen (secondary N) is 1. The maximum absolute atomic E-state index is 11.1. The zero-order chi connectivity index (χ0) is 10.3. The second-order valence-electron chi connectivity index (χ2n) is 2.06. The lowest BCUT2D eigenvalue weighted by Crippen LogP contribution is -2.15. The summed E-state index contributed by atoms with van der Waals surface area (Å²) in [5, 5.41) is 6.80. The Labute approximate surface area is 77.1 Å². The minimum atomic E-state index is -0.555. The molecule has 0 aliphatic heterocycles. The predicted molar refractivity (Wildman–Crippen MR) is 52.2 cm³/mol. The summed E-state index contributed by atoms with van der Waals surface area (Å²) in [6.45, 7) is 8.80. The molecule has 0 saturated heterocycles. The summed E-state index contributed by atoms with van der Waals surface area (Å²) >= 11 is 0. The van der Waals surface area contributed by atoms with Gasteiger partial charge in [0.1, 0.15) is 5.71 Å². The average Bonchev–Trinajstić information content (AvgIpc) is 2.14. The van der Waals surface area contributed by atoms with Gasteiger partial charge >= 0.3 is 5.97 Å². The van der Waals surface area contributed by atoms with Crippen molar-refractivity contribution in [3.8, 4) is 0 Å². The van der Waals surface area contributed by atoms with Crippen LogP contribution in [0, 0.1) is 5.41 Å². The minimum Gasteiger partial charge on any atom is -0.461 e. The Hall–Kier alpha value is -1.71. The van der Waals surface area contributed by atoms with Crippen LogP contribution in [-0.2, 0) is 9.53 Å². The van der Waals surface area contributed by atoms with Gasteiger partial charge in [0.25, 0.3) is 0 Å². The highest BCUT2D eigenvalue weighted by atomic mass is 16.5. The number of carbonyl (C=O) groups excluding carboxylic acids is 1. The second-order valence-corrected chi connectivity index (χ2v) is 2.06. The van der Waals surface area contributed by atoms with Crippen molar-refractivity contribution in [2.75, 3.05) is 6.61 Å². The topological polar surface area (TPSA) is 62.5 Å². The molecule has 0 aromatic rings. The third-order valence-corrected chi connectivity index (χ3v) is 1.11. The Morgan fingerprint density at radius 1 is 1.69 bits per heavy atom. The van der Waals surface area contributed by atoms with Crippen molar-refractivity contribution in [1.82, 2.24) is 0 Å². The van der Waals surface area contributed by atoms with Crippen LogP contribution in [0.3, 0.4) is 0 Å². The highest BCUT2D eigenvalue weighted by Gasteiger charge is 2.07. The predicted octanol–water partition coefficient (Wildman–Crippen LogP) is 1.34. The molecule has 0 aliphatic carbocycles. The Morgan fingerprint density at radius 2 is 2.31 bits per heavy atom. The molecule has 0 aromatic heterocycles. The van der Waals surface area contributed by atoms with Crippen LogP contribution in [0.2, 0.25) is 0 Å². The first-order chi connectivity index (χ1) is 6.15. The molecule has 0 radical (unpaired) electrons. The van der Waals surface area contributed by atoms with Gasteiger partial charge in [-0.05, 0) is 13.0 Å². The van der Waals surface area contributed by atoms with Crippen molar-refractivity contribution in [3.05, 3.63) is 24.9 Å². The smallest absolute Gasteiger partial charge is 0.356 e. The minimum absolute atomic E-state index is 0.0651. The van der Waals surface area contributed by atoms with Gasteiger partial charge in [-0.2, -0.15) is 0 Å². The van der Waals surface area contributed by atoms with Gasteiger partial charge in [0.2, 0.25) is 0 Å². The first kappa shape index (κ1) is 11.3. The van der Waals surface area contributed by atoms with E-state index >= 15 is 0 Å². The lowest BCUT2D eigenvalue weighted by molar-refractivity contribution is -0.134. The molecule has 0 spiro atoms. The molecule has 0 aromatic carbocycles. The van der Waals surface area contributed by atoms with Crippen LogP contribution in [0.4, 0.5) is 0 Å². The van der Waals surface area contributed by atoms with E-state index in [-0.39, 0.29) is 18.0 Å². The fraction of sp³-hybridized carbons (Fsp3) is 0.222. The highest BCUT2D eigenvalue weighted by Crippen LogP contribution is 1.93. The SMILES string of the molecule is C=C/C(=N\C(=C)C=N)C(=O)OCC. The number of carbonyl (C=O) groups is 1. The highest BCUT2D eigenvalue weighted by molar-refractivity contribution is 6.41. The number of ether oxygens (including phenoxy) is 1. The fourth-order valence-electron chi connectivity index (χ4n) is 0.567. The molecule has 0 heterocycles. The molecule has 0 saturated carbocycles. The number of hydrogen-bond acceptors (Lipinski definition) is 4. The largest absolute Gasteiger partial charge is 0.461 e. The van der Waals surface area contributed by atoms with E-state index in [4.69, 9.17) is 5.41 Å². The number of esters is 1. The van der Waals surface area contributed by atoms with Gasteiger partial charge in [-0.25, -0.2) is 9.79 Å². The summed E-state index contributed by atoms with van der Waals surface area (Å²) in [5.74, 6) is -0.555. The molecule has 1 N–H and O–H groups in total. The van der Waals surface area contributed by atoms with E-state index in [0.717, 1.165) is 6.21 Å². The molecule has 0 unspecified atom stereocenters. The standard InChI is InChI=1S/C9H12N2O2/c1-4-8(9(12)13-5-2)11-7(3)6-10/h4,6,10H,1,3,5H2,2H3/b10-6?,11-8+. The van der Waals surface area contributed by atoms with Crippen LogP contribution in [0.25, 0.3) is 0 Å². The van der Waals surface area contributed by atoms with E-state index in [0.29, 0.717) is 0 Å². The van der Waals surface area contributed by atoms with Crippen LogP contribution in [0.15, 0.2) is 29.9 Å². The third-order valence-electron chi connectivity index (χ3n) is 1.11. The number of hydrogen-bond donors (Lipinski definition) is 1. The van der Waals surface area contributed by atoms with Crippen molar-refractivity contribution in [3.63, 3.8) is 0 Å². The van der Waals surface area contributed by atoms with Gasteiger partial charge in [0.05, 0.1) is 12.3 Å². The van der Waals surface area contributed by atoms with E-state index < -0.39 is 5.97 Å². The monoisotopic (exact) mass is 180 g/mol. The summed E-state index contributed by atoms with van der Waals surface area (Å²) in [5.41, 5.74) is 0.248. The van der Waals surface area contributed by atoms with Crippen molar-refractivity contribution >= 4 is 17.9 Å². The van der Waals surface area contributed by atoms with Gasteiger partial charge in [-0.15, -0.1) is 0 Å². The van der Waals surface area contributed by atoms with Gasteiger partial charge in [0.15, 0.2) is 0 Å². The quantitative estimate of drug-likeness (QED) is 0.512. The van der Waals surface area contributed by atoms with Gasteiger partial charge in [-0.1, -0.05) is 13.2 Å². The van der Waals surface area contributed by atoms with E-state index in [2.05, 4.69) is 22.9 Å². The Balaban J connectivity index is 4.58. The number of rotatable bonds is 5. The van der Waals surface area contributed by atoms with E-state index in [1.165, 1.54) is 6.08 Å². The number of nitrogens with zero attached hydrogens (tertiary/aromatic N) is 1. The van der Waals surface area contributed by atoms with E-state index in [9.17, 15) is 4.79 Å². The lowest BCUT2D eigenvalue weighted by Gasteiger charge is -2.00. The van der Waals surface area contributed by atoms with Crippen LogP contribution in [0.5, 0.6) is 0 Å². The molecule has 0 amide bonds. The normalized spacial score (nSPS) is 10.4. The number of aliphatic imine (C=N–C) groups is 1. The molecule has 0 fully saturated rings. The molecule has 0 bridgehead atoms. The lowest BCUT2D eigenvalue weighted by atomic mass is 10.3. The van der Waals surface area contributed by atoms with Gasteiger partial charge in [0, 0.05) is 6.21 Å². The fourth-order valence-corrected chi connectivity index (χ4v) is 0.567. The first-order valence-corrected chi connectivity index (χ1v) is 3.73. The molecule has 4 nitrogen and oxygen atoms in total. The molecule has 0 aliphatic rings. The Kier molecular flexibility index (Phi) is 5.11. The molecule has 4 heteroatoms. The van der Waals surface area contributed by atoms with Crippen LogP contribution >= 0.6 is 0 Å². The Morgan fingerprint density at radius 3 is 2.69 bits per heavy atom. The maximum Gasteiger partial charge on any atom is 0.356 e. The molecular weight excluding hydrogens is 168 g/mol. The van der Waals surface area contributed by atoms with Crippen molar-refractivity contribution in [1.29, 1.82) is 5.41 Å². The second kappa shape index (κ2) is 5.88. The molecular formula is C9H12N2O2. The zero-order valence-electron chi connectivity index (χ0n) is 7.54. The molecule has 70 valence electrons. The summed E-state index contributed by atoms with van der Waals surface area (Å²) in [6.07, 6.45) is 2.22. The van der Waals surface area contributed by atoms with Crippen LogP contribution in [-0.4, -0.2) is 24.5 Å². The van der Waals surface area contributed by atoms with Crippen LogP contribution in [0.1, 0.15) is 6.92 Å². The van der Waals surface area contributed by atoms with Crippen molar-refractivity contribution in [2.24, 2.45) is 4.99 Å². The summed E-state index contributed by atoms with van der Waals surface area (Å²) in [7, 11) is 0. The number of allylic oxidation sites excluding steroid dienone is 1. The average molecular weight is 180 g/mol. The van der Waals surface area contributed by atoms with Gasteiger partial charge in [-0.3, -0.25) is 0 Å². The van der Waals surface area contributed by atoms with Crippen LogP contribution < -0.4 is 0 Å². The zero-order valence-corrected chi connectivity index (χ0v) is 7.54. The van der Waals surface area contributed by atoms with Crippen molar-refractivity contribution in [2.45, 2.75) is 6.92 Å². The molecule has 0 atom stereocenters.